The molecule has 2 aromatic carbocycles. The van der Waals surface area contributed by atoms with Gasteiger partial charge in [-0.2, -0.15) is 0 Å². The van der Waals surface area contributed by atoms with Crippen molar-refractivity contribution in [2.45, 2.75) is 27.7 Å². The van der Waals surface area contributed by atoms with Gasteiger partial charge < -0.3 is 10.1 Å². The number of aryl methyl sites for hydroxylation is 3. The fourth-order valence-corrected chi connectivity index (χ4v) is 2.92. The minimum absolute atomic E-state index is 0.0809. The van der Waals surface area contributed by atoms with Gasteiger partial charge >= 0.3 is 0 Å². The van der Waals surface area contributed by atoms with E-state index >= 15 is 0 Å². The van der Waals surface area contributed by atoms with Crippen LogP contribution in [-0.2, 0) is 9.59 Å². The van der Waals surface area contributed by atoms with Crippen molar-refractivity contribution in [1.29, 1.82) is 0 Å². The Bertz CT molecular complexity index is 776. The molecule has 0 unspecified atom stereocenters. The van der Waals surface area contributed by atoms with Gasteiger partial charge in [-0.3, -0.25) is 14.5 Å². The van der Waals surface area contributed by atoms with Gasteiger partial charge in [0.1, 0.15) is 12.3 Å². The Morgan fingerprint density at radius 2 is 1.68 bits per heavy atom. The molecular weight excluding hydrogens is 316 g/mol. The molecule has 2 aromatic rings. The summed E-state index contributed by atoms with van der Waals surface area (Å²) in [6.45, 7) is 7.28. The first-order valence-electron chi connectivity index (χ1n) is 8.12. The Kier molecular flexibility index (Phi) is 5.80. The molecule has 0 aliphatic rings. The Morgan fingerprint density at radius 1 is 1.08 bits per heavy atom. The lowest BCUT2D eigenvalue weighted by Gasteiger charge is -2.23. The van der Waals surface area contributed by atoms with Crippen molar-refractivity contribution < 1.29 is 14.3 Å². The van der Waals surface area contributed by atoms with Gasteiger partial charge in [0.15, 0.2) is 0 Å². The number of methoxy groups -OCH3 is 1. The Balaban J connectivity index is 2.23. The molecule has 2 rings (SSSR count). The largest absolute Gasteiger partial charge is 0.495 e. The summed E-state index contributed by atoms with van der Waals surface area (Å²) < 4.78 is 5.30. The lowest BCUT2D eigenvalue weighted by Crippen LogP contribution is -2.37. The van der Waals surface area contributed by atoms with E-state index in [0.717, 1.165) is 22.4 Å². The number of hydrogen-bond donors (Lipinski definition) is 1. The van der Waals surface area contributed by atoms with Crippen LogP contribution in [0.25, 0.3) is 0 Å². The maximum absolute atomic E-state index is 12.5. The fraction of sp³-hybridized carbons (Fsp3) is 0.300. The third-order valence-corrected chi connectivity index (χ3v) is 4.00. The van der Waals surface area contributed by atoms with E-state index < -0.39 is 0 Å². The third kappa shape index (κ3) is 4.38. The Morgan fingerprint density at radius 3 is 2.24 bits per heavy atom. The van der Waals surface area contributed by atoms with E-state index in [0.29, 0.717) is 11.4 Å². The predicted molar refractivity (Wildman–Crippen MR) is 100 cm³/mol. The lowest BCUT2D eigenvalue weighted by atomic mass is 10.1. The number of amides is 2. The van der Waals surface area contributed by atoms with E-state index in [-0.39, 0.29) is 18.4 Å². The van der Waals surface area contributed by atoms with Crippen LogP contribution in [0.3, 0.4) is 0 Å². The highest BCUT2D eigenvalue weighted by Crippen LogP contribution is 2.28. The van der Waals surface area contributed by atoms with Crippen LogP contribution in [0.4, 0.5) is 11.4 Å². The van der Waals surface area contributed by atoms with Crippen LogP contribution in [0.5, 0.6) is 5.75 Å². The number of ether oxygens (including phenoxy) is 1. The van der Waals surface area contributed by atoms with E-state index in [1.807, 2.05) is 39.0 Å². The van der Waals surface area contributed by atoms with Crippen molar-refractivity contribution in [3.05, 3.63) is 53.1 Å². The first-order chi connectivity index (χ1) is 11.8. The van der Waals surface area contributed by atoms with Gasteiger partial charge in [-0.25, -0.2) is 0 Å². The average Bonchev–Trinajstić information content (AvgIpc) is 2.55. The molecule has 0 saturated heterocycles. The van der Waals surface area contributed by atoms with Gasteiger partial charge in [-0.05, 0) is 44.0 Å². The SMILES string of the molecule is COc1ccccc1N(CC(=O)Nc1c(C)cc(C)cc1C)C(C)=O. The molecule has 1 N–H and O–H groups in total. The summed E-state index contributed by atoms with van der Waals surface area (Å²) >= 11 is 0. The van der Waals surface area contributed by atoms with Crippen LogP contribution in [0, 0.1) is 20.8 Å². The number of para-hydroxylation sites is 2. The minimum Gasteiger partial charge on any atom is -0.495 e. The van der Waals surface area contributed by atoms with Gasteiger partial charge in [0.25, 0.3) is 0 Å². The maximum Gasteiger partial charge on any atom is 0.244 e. The number of rotatable bonds is 5. The Labute approximate surface area is 148 Å². The van der Waals surface area contributed by atoms with Crippen LogP contribution in [0.15, 0.2) is 36.4 Å². The van der Waals surface area contributed by atoms with E-state index in [4.69, 9.17) is 4.74 Å². The van der Waals surface area contributed by atoms with Crippen molar-refractivity contribution in [3.63, 3.8) is 0 Å². The summed E-state index contributed by atoms with van der Waals surface area (Å²) in [5.41, 5.74) is 4.51. The van der Waals surface area contributed by atoms with Crippen LogP contribution < -0.4 is 15.0 Å². The molecular formula is C20H24N2O3. The van der Waals surface area contributed by atoms with E-state index in [1.165, 1.54) is 18.9 Å². The molecule has 5 nitrogen and oxygen atoms in total. The van der Waals surface area contributed by atoms with Crippen LogP contribution >= 0.6 is 0 Å². The highest BCUT2D eigenvalue weighted by Gasteiger charge is 2.20. The maximum atomic E-state index is 12.5. The normalized spacial score (nSPS) is 10.3. The van der Waals surface area contributed by atoms with E-state index in [2.05, 4.69) is 5.32 Å². The third-order valence-electron chi connectivity index (χ3n) is 4.00. The highest BCUT2D eigenvalue weighted by molar-refractivity contribution is 6.03. The smallest absolute Gasteiger partial charge is 0.244 e. The van der Waals surface area contributed by atoms with Crippen LogP contribution in [-0.4, -0.2) is 25.5 Å². The van der Waals surface area contributed by atoms with Crippen LogP contribution in [0.2, 0.25) is 0 Å². The molecule has 5 heteroatoms. The molecule has 0 aromatic heterocycles. The zero-order valence-electron chi connectivity index (χ0n) is 15.3. The molecule has 0 heterocycles. The number of benzene rings is 2. The van der Waals surface area contributed by atoms with E-state index in [1.54, 1.807) is 18.2 Å². The highest BCUT2D eigenvalue weighted by atomic mass is 16.5. The predicted octanol–water partition coefficient (Wildman–Crippen LogP) is 3.61. The second-order valence-corrected chi connectivity index (χ2v) is 6.10. The second-order valence-electron chi connectivity index (χ2n) is 6.10. The summed E-state index contributed by atoms with van der Waals surface area (Å²) in [6, 6.07) is 11.2. The number of nitrogens with zero attached hydrogens (tertiary/aromatic N) is 1. The standard InChI is InChI=1S/C20H24N2O3/c1-13-10-14(2)20(15(3)11-13)21-19(24)12-22(16(4)23)17-8-6-7-9-18(17)25-5/h6-11H,12H2,1-5H3,(H,21,24). The zero-order valence-corrected chi connectivity index (χ0v) is 15.3. The second kappa shape index (κ2) is 7.83. The van der Waals surface area contributed by atoms with Gasteiger partial charge in [-0.15, -0.1) is 0 Å². The van der Waals surface area contributed by atoms with Crippen molar-refractivity contribution >= 4 is 23.2 Å². The molecule has 0 aliphatic carbocycles. The van der Waals surface area contributed by atoms with Crippen molar-refractivity contribution in [2.75, 3.05) is 23.9 Å². The number of carbonyl (C=O) groups is 2. The molecule has 0 atom stereocenters. The summed E-state index contributed by atoms with van der Waals surface area (Å²) in [5, 5.41) is 2.92. The summed E-state index contributed by atoms with van der Waals surface area (Å²) in [4.78, 5) is 26.0. The molecule has 0 aliphatic heterocycles. The first kappa shape index (κ1) is 18.5. The van der Waals surface area contributed by atoms with Gasteiger partial charge in [-0.1, -0.05) is 29.8 Å². The van der Waals surface area contributed by atoms with Gasteiger partial charge in [0.05, 0.1) is 12.8 Å². The molecule has 0 radical (unpaired) electrons. The Hall–Kier alpha value is -2.82. The summed E-state index contributed by atoms with van der Waals surface area (Å²) in [6.07, 6.45) is 0. The van der Waals surface area contributed by atoms with Crippen molar-refractivity contribution in [2.24, 2.45) is 0 Å². The lowest BCUT2D eigenvalue weighted by molar-refractivity contribution is -0.120. The minimum atomic E-state index is -0.254. The van der Waals surface area contributed by atoms with E-state index in [9.17, 15) is 9.59 Å². The van der Waals surface area contributed by atoms with Gasteiger partial charge in [0.2, 0.25) is 11.8 Å². The molecule has 0 fully saturated rings. The fourth-order valence-electron chi connectivity index (χ4n) is 2.92. The summed E-state index contributed by atoms with van der Waals surface area (Å²) in [5.74, 6) is 0.0707. The first-order valence-corrected chi connectivity index (χ1v) is 8.12. The zero-order chi connectivity index (χ0) is 18.6. The number of nitrogens with one attached hydrogen (secondary N) is 1. The number of carbonyl (C=O) groups excluding carboxylic acids is 2. The molecule has 2 amide bonds. The molecule has 25 heavy (non-hydrogen) atoms. The monoisotopic (exact) mass is 340 g/mol. The summed E-state index contributed by atoms with van der Waals surface area (Å²) in [7, 11) is 1.54. The van der Waals surface area contributed by atoms with Crippen molar-refractivity contribution in [3.8, 4) is 5.75 Å². The van der Waals surface area contributed by atoms with Crippen molar-refractivity contribution in [1.82, 2.24) is 0 Å². The van der Waals surface area contributed by atoms with Crippen LogP contribution in [0.1, 0.15) is 23.6 Å². The molecule has 0 bridgehead atoms. The topological polar surface area (TPSA) is 58.6 Å². The molecule has 132 valence electrons. The number of anilines is 2. The molecule has 0 spiro atoms. The number of hydrogen-bond acceptors (Lipinski definition) is 3. The van der Waals surface area contributed by atoms with Gasteiger partial charge in [0, 0.05) is 12.6 Å². The quantitative estimate of drug-likeness (QED) is 0.904. The average molecular weight is 340 g/mol. The molecule has 0 saturated carbocycles.